The maximum Gasteiger partial charge on any atom is 0.309 e. The maximum absolute atomic E-state index is 10.9. The number of hydrogen-bond donors (Lipinski definition) is 0. The van der Waals surface area contributed by atoms with Crippen LogP contribution in [0.15, 0.2) is 0 Å². The highest BCUT2D eigenvalue weighted by molar-refractivity contribution is 5.85. The van der Waals surface area contributed by atoms with Gasteiger partial charge in [0, 0.05) is 5.92 Å². The second-order valence-electron chi connectivity index (χ2n) is 2.96. The van der Waals surface area contributed by atoms with Crippen molar-refractivity contribution in [3.63, 3.8) is 0 Å². The third kappa shape index (κ3) is 1.59. The Morgan fingerprint density at radius 2 is 2.36 bits per heavy atom. The largest absolute Gasteiger partial charge is 0.465 e. The fourth-order valence-corrected chi connectivity index (χ4v) is 1.25. The Morgan fingerprint density at radius 1 is 1.73 bits per heavy atom. The maximum atomic E-state index is 10.9. The molecule has 1 aliphatic rings. The van der Waals surface area contributed by atoms with E-state index < -0.39 is 0 Å². The summed E-state index contributed by atoms with van der Waals surface area (Å²) in [5, 5.41) is 0. The zero-order chi connectivity index (χ0) is 8.43. The van der Waals surface area contributed by atoms with Crippen molar-refractivity contribution in [1.82, 2.24) is 0 Å². The zero-order valence-corrected chi connectivity index (χ0v) is 6.79. The molecule has 2 unspecified atom stereocenters. The smallest absolute Gasteiger partial charge is 0.309 e. The summed E-state index contributed by atoms with van der Waals surface area (Å²) in [4.78, 5) is 21.8. The average Bonchev–Trinajstić information content (AvgIpc) is 2.33. The minimum absolute atomic E-state index is 0.0638. The van der Waals surface area contributed by atoms with E-state index in [1.165, 1.54) is 6.92 Å². The van der Waals surface area contributed by atoms with Crippen LogP contribution < -0.4 is 0 Å². The van der Waals surface area contributed by atoms with Crippen LogP contribution in [0.25, 0.3) is 0 Å². The molecule has 0 bridgehead atoms. The number of ether oxygens (including phenoxy) is 1. The summed E-state index contributed by atoms with van der Waals surface area (Å²) < 4.78 is 4.75. The van der Waals surface area contributed by atoms with Gasteiger partial charge >= 0.3 is 5.97 Å². The molecular weight excluding hydrogens is 144 g/mol. The van der Waals surface area contributed by atoms with Crippen LogP contribution in [-0.2, 0) is 14.3 Å². The molecule has 11 heavy (non-hydrogen) atoms. The number of ketones is 1. The number of carbonyl (C=O) groups excluding carboxylic acids is 2. The van der Waals surface area contributed by atoms with Gasteiger partial charge in [0.2, 0.25) is 0 Å². The lowest BCUT2D eigenvalue weighted by molar-refractivity contribution is -0.144. The molecule has 0 N–H and O–H groups in total. The van der Waals surface area contributed by atoms with Gasteiger partial charge in [0.25, 0.3) is 0 Å². The van der Waals surface area contributed by atoms with Gasteiger partial charge in [0.15, 0.2) is 0 Å². The van der Waals surface area contributed by atoms with Crippen LogP contribution in [0.3, 0.4) is 0 Å². The van der Waals surface area contributed by atoms with Crippen LogP contribution >= 0.6 is 0 Å². The number of esters is 1. The van der Waals surface area contributed by atoms with Crippen molar-refractivity contribution in [2.24, 2.45) is 11.8 Å². The molecule has 0 spiro atoms. The van der Waals surface area contributed by atoms with Gasteiger partial charge in [-0.3, -0.25) is 9.59 Å². The quantitative estimate of drug-likeness (QED) is 0.555. The molecule has 1 fully saturated rings. The predicted molar refractivity (Wildman–Crippen MR) is 38.9 cm³/mol. The van der Waals surface area contributed by atoms with E-state index >= 15 is 0 Å². The lowest BCUT2D eigenvalue weighted by atomic mass is 9.90. The van der Waals surface area contributed by atoms with E-state index in [2.05, 4.69) is 0 Å². The summed E-state index contributed by atoms with van der Waals surface area (Å²) in [6, 6.07) is 0. The molecule has 3 nitrogen and oxygen atoms in total. The predicted octanol–water partition coefficient (Wildman–Crippen LogP) is 0.775. The van der Waals surface area contributed by atoms with Crippen LogP contribution in [0, 0.1) is 11.8 Å². The highest BCUT2D eigenvalue weighted by Crippen LogP contribution is 2.23. The van der Waals surface area contributed by atoms with Gasteiger partial charge in [0.1, 0.15) is 5.78 Å². The van der Waals surface area contributed by atoms with Gasteiger partial charge in [-0.05, 0) is 13.3 Å². The first-order chi connectivity index (χ1) is 5.13. The Morgan fingerprint density at radius 3 is 2.73 bits per heavy atom. The van der Waals surface area contributed by atoms with E-state index in [-0.39, 0.29) is 23.6 Å². The topological polar surface area (TPSA) is 43.4 Å². The van der Waals surface area contributed by atoms with Gasteiger partial charge in [-0.1, -0.05) is 6.92 Å². The highest BCUT2D eigenvalue weighted by atomic mass is 16.5. The van der Waals surface area contributed by atoms with Crippen LogP contribution in [-0.4, -0.2) is 18.4 Å². The van der Waals surface area contributed by atoms with Gasteiger partial charge in [-0.25, -0.2) is 0 Å². The van der Waals surface area contributed by atoms with Crippen molar-refractivity contribution >= 4 is 11.8 Å². The molecule has 0 aliphatic carbocycles. The van der Waals surface area contributed by atoms with Gasteiger partial charge in [0.05, 0.1) is 12.5 Å². The van der Waals surface area contributed by atoms with Crippen molar-refractivity contribution in [2.75, 3.05) is 6.61 Å². The van der Waals surface area contributed by atoms with E-state index in [0.29, 0.717) is 13.0 Å². The van der Waals surface area contributed by atoms with Crippen molar-refractivity contribution in [3.05, 3.63) is 0 Å². The number of rotatable bonds is 2. The Hall–Kier alpha value is -0.860. The van der Waals surface area contributed by atoms with Gasteiger partial charge in [-0.15, -0.1) is 0 Å². The molecule has 62 valence electrons. The molecule has 1 rings (SSSR count). The Labute approximate surface area is 65.7 Å². The Kier molecular flexibility index (Phi) is 2.27. The van der Waals surface area contributed by atoms with Crippen LogP contribution in [0.4, 0.5) is 0 Å². The van der Waals surface area contributed by atoms with Crippen LogP contribution in [0.2, 0.25) is 0 Å². The third-order valence-corrected chi connectivity index (χ3v) is 2.22. The normalized spacial score (nSPS) is 26.4. The van der Waals surface area contributed by atoms with E-state index in [9.17, 15) is 9.59 Å². The summed E-state index contributed by atoms with van der Waals surface area (Å²) in [6.07, 6.45) is 0.694. The summed E-state index contributed by atoms with van der Waals surface area (Å²) in [6.45, 7) is 3.76. The molecule has 3 heteroatoms. The molecule has 0 aromatic heterocycles. The first-order valence-electron chi connectivity index (χ1n) is 3.80. The molecule has 0 amide bonds. The number of hydrogen-bond acceptors (Lipinski definition) is 3. The monoisotopic (exact) mass is 156 g/mol. The van der Waals surface area contributed by atoms with Crippen molar-refractivity contribution in [1.29, 1.82) is 0 Å². The van der Waals surface area contributed by atoms with E-state index in [4.69, 9.17) is 4.74 Å². The molecule has 0 radical (unpaired) electrons. The average molecular weight is 156 g/mol. The first-order valence-corrected chi connectivity index (χ1v) is 3.80. The van der Waals surface area contributed by atoms with Gasteiger partial charge < -0.3 is 4.74 Å². The molecule has 0 aromatic carbocycles. The fraction of sp³-hybridized carbons (Fsp3) is 0.750. The molecule has 0 aromatic rings. The molecule has 0 saturated carbocycles. The molecule has 1 aliphatic heterocycles. The number of cyclic esters (lactones) is 1. The molecule has 2 atom stereocenters. The molecule has 1 saturated heterocycles. The minimum Gasteiger partial charge on any atom is -0.465 e. The van der Waals surface area contributed by atoms with Crippen molar-refractivity contribution < 1.29 is 14.3 Å². The van der Waals surface area contributed by atoms with E-state index in [1.54, 1.807) is 6.92 Å². The fourth-order valence-electron chi connectivity index (χ4n) is 1.25. The van der Waals surface area contributed by atoms with Crippen LogP contribution in [0.1, 0.15) is 20.3 Å². The van der Waals surface area contributed by atoms with Crippen molar-refractivity contribution in [3.8, 4) is 0 Å². The second-order valence-corrected chi connectivity index (χ2v) is 2.96. The summed E-state index contributed by atoms with van der Waals surface area (Å²) in [7, 11) is 0. The Bertz CT molecular complexity index is 186. The summed E-state index contributed by atoms with van der Waals surface area (Å²) in [5.74, 6) is -0.515. The Balaban J connectivity index is 2.59. The molecule has 1 heterocycles. The van der Waals surface area contributed by atoms with Crippen molar-refractivity contribution in [2.45, 2.75) is 20.3 Å². The zero-order valence-electron chi connectivity index (χ0n) is 6.79. The number of Topliss-reactive ketones (excluding diaryl/α,β-unsaturated/α-hetero) is 1. The molecular formula is C8H12O3. The standard InChI is InChI=1S/C8H12O3/c1-5(6(2)9)7-3-4-11-8(7)10/h5,7H,3-4H2,1-2H3. The van der Waals surface area contributed by atoms with E-state index in [0.717, 1.165) is 0 Å². The lowest BCUT2D eigenvalue weighted by Gasteiger charge is -2.10. The summed E-state index contributed by atoms with van der Waals surface area (Å²) >= 11 is 0. The van der Waals surface area contributed by atoms with Crippen LogP contribution in [0.5, 0.6) is 0 Å². The SMILES string of the molecule is CC(=O)C(C)C1CCOC1=O. The second kappa shape index (κ2) is 3.03. The number of carbonyl (C=O) groups is 2. The third-order valence-electron chi connectivity index (χ3n) is 2.22. The highest BCUT2D eigenvalue weighted by Gasteiger charge is 2.33. The minimum atomic E-state index is -0.215. The van der Waals surface area contributed by atoms with E-state index in [1.807, 2.05) is 0 Å². The van der Waals surface area contributed by atoms with Gasteiger partial charge in [-0.2, -0.15) is 0 Å². The first kappa shape index (κ1) is 8.24. The lowest BCUT2D eigenvalue weighted by Crippen LogP contribution is -2.22. The summed E-state index contributed by atoms with van der Waals surface area (Å²) in [5.41, 5.74) is 0.